The number of rotatable bonds is 30. The zero-order valence-electron chi connectivity index (χ0n) is 31.5. The highest BCUT2D eigenvalue weighted by Gasteiger charge is 2.44. The van der Waals surface area contributed by atoms with Gasteiger partial charge in [-0.2, -0.15) is 0 Å². The van der Waals surface area contributed by atoms with E-state index in [1.807, 2.05) is 6.08 Å². The van der Waals surface area contributed by atoms with E-state index in [1.165, 1.54) is 102 Å². The maximum absolute atomic E-state index is 12.9. The van der Waals surface area contributed by atoms with Crippen LogP contribution in [0.3, 0.4) is 0 Å². The third-order valence-electron chi connectivity index (χ3n) is 9.42. The third kappa shape index (κ3) is 21.0. The fraction of sp³-hybridized carbons (Fsp3) is 0.825. The fourth-order valence-electron chi connectivity index (χ4n) is 6.04. The van der Waals surface area contributed by atoms with E-state index in [4.69, 9.17) is 9.47 Å². The Labute approximate surface area is 303 Å². The lowest BCUT2D eigenvalue weighted by Gasteiger charge is -2.40. The van der Waals surface area contributed by atoms with Crippen LogP contribution in [0.25, 0.3) is 0 Å². The molecule has 8 atom stereocenters. The number of carbonyl (C=O) groups excluding carboxylic acids is 1. The summed E-state index contributed by atoms with van der Waals surface area (Å²) in [5.74, 6) is -0.716. The number of nitrogens with one attached hydrogen (secondary N) is 1. The molecule has 0 aliphatic carbocycles. The molecule has 0 unspecified atom stereocenters. The van der Waals surface area contributed by atoms with Gasteiger partial charge in [-0.1, -0.05) is 140 Å². The highest BCUT2D eigenvalue weighted by molar-refractivity contribution is 5.82. The Morgan fingerprint density at radius 3 is 1.90 bits per heavy atom. The minimum absolute atomic E-state index is 0.341. The molecule has 1 aliphatic rings. The summed E-state index contributed by atoms with van der Waals surface area (Å²) in [5, 5.41) is 64.1. The Kier molecular flexibility index (Phi) is 27.7. The van der Waals surface area contributed by atoms with Crippen molar-refractivity contribution in [2.75, 3.05) is 13.2 Å². The highest BCUT2D eigenvalue weighted by atomic mass is 16.7. The predicted molar refractivity (Wildman–Crippen MR) is 199 cm³/mol. The van der Waals surface area contributed by atoms with Crippen molar-refractivity contribution in [3.63, 3.8) is 0 Å². The van der Waals surface area contributed by atoms with E-state index in [0.717, 1.165) is 32.1 Å². The lowest BCUT2D eigenvalue weighted by Crippen LogP contribution is -2.60. The van der Waals surface area contributed by atoms with Crippen LogP contribution in [0.4, 0.5) is 0 Å². The molecule has 0 spiro atoms. The number of unbranched alkanes of at least 4 members (excludes halogenated alkanes) is 16. The van der Waals surface area contributed by atoms with E-state index in [0.29, 0.717) is 6.42 Å². The molecule has 1 fully saturated rings. The molecule has 0 aromatic carbocycles. The average molecular weight is 712 g/mol. The van der Waals surface area contributed by atoms with Gasteiger partial charge in [0.2, 0.25) is 0 Å². The second-order valence-electron chi connectivity index (χ2n) is 14.1. The van der Waals surface area contributed by atoms with Crippen molar-refractivity contribution in [1.82, 2.24) is 5.32 Å². The lowest BCUT2D eigenvalue weighted by molar-refractivity contribution is -0.302. The molecule has 1 amide bonds. The van der Waals surface area contributed by atoms with Gasteiger partial charge in [0, 0.05) is 0 Å². The van der Waals surface area contributed by atoms with Gasteiger partial charge in [-0.3, -0.25) is 4.79 Å². The summed E-state index contributed by atoms with van der Waals surface area (Å²) in [4.78, 5) is 12.9. The van der Waals surface area contributed by atoms with E-state index in [9.17, 15) is 35.4 Å². The standard InChI is InChI=1S/C40H73NO9/c1-4-6-8-9-10-11-12-13-14-15-16-17-18-19-23-28-34(44)39(48)41-32(30-49-40-38(47)37(46)36(45)35(29-42)50-40)33(43)27-24-20-22-26-31(3)25-21-7-5-2/h23-24,26-28,32-38,40,42-47H,4-22,25,29-30H2,1-3H3,(H,41,48)/b27-24+,28-23+,31-26+/t32-,33+,34+,35+,36+,37-,38+,40+/m0/s1. The summed E-state index contributed by atoms with van der Waals surface area (Å²) in [6.07, 6.45) is 22.2. The molecule has 1 saturated heterocycles. The van der Waals surface area contributed by atoms with Gasteiger partial charge in [-0.25, -0.2) is 0 Å². The summed E-state index contributed by atoms with van der Waals surface area (Å²) in [5.41, 5.74) is 1.33. The number of aliphatic hydroxyl groups is 6. The van der Waals surface area contributed by atoms with Gasteiger partial charge in [-0.05, 0) is 45.4 Å². The maximum Gasteiger partial charge on any atom is 0.253 e. The van der Waals surface area contributed by atoms with Gasteiger partial charge < -0.3 is 45.4 Å². The smallest absolute Gasteiger partial charge is 0.253 e. The van der Waals surface area contributed by atoms with Crippen LogP contribution < -0.4 is 5.32 Å². The Bertz CT molecular complexity index is 925. The van der Waals surface area contributed by atoms with Gasteiger partial charge in [0.05, 0.1) is 25.4 Å². The van der Waals surface area contributed by atoms with Crippen molar-refractivity contribution >= 4 is 5.91 Å². The molecule has 50 heavy (non-hydrogen) atoms. The van der Waals surface area contributed by atoms with Crippen LogP contribution in [0.15, 0.2) is 36.0 Å². The summed E-state index contributed by atoms with van der Waals surface area (Å²) in [6, 6.07) is -1.03. The van der Waals surface area contributed by atoms with Crippen LogP contribution in [0.1, 0.15) is 149 Å². The Hall–Kier alpha value is -1.63. The number of hydrogen-bond donors (Lipinski definition) is 7. The normalized spacial score (nSPS) is 23.5. The van der Waals surface area contributed by atoms with Crippen molar-refractivity contribution < 1.29 is 44.9 Å². The highest BCUT2D eigenvalue weighted by Crippen LogP contribution is 2.22. The molecule has 0 radical (unpaired) electrons. The number of aliphatic hydroxyl groups excluding tert-OH is 6. The van der Waals surface area contributed by atoms with Crippen LogP contribution in [-0.2, 0) is 14.3 Å². The van der Waals surface area contributed by atoms with E-state index in [2.05, 4.69) is 32.2 Å². The number of hydrogen-bond acceptors (Lipinski definition) is 9. The van der Waals surface area contributed by atoms with Crippen LogP contribution in [-0.4, -0.2) is 98.7 Å². The first kappa shape index (κ1) is 46.4. The monoisotopic (exact) mass is 712 g/mol. The zero-order valence-corrected chi connectivity index (χ0v) is 31.5. The molecule has 10 heteroatoms. The third-order valence-corrected chi connectivity index (χ3v) is 9.42. The summed E-state index contributed by atoms with van der Waals surface area (Å²) in [6.45, 7) is 5.60. The van der Waals surface area contributed by atoms with Gasteiger partial charge >= 0.3 is 0 Å². The Balaban J connectivity index is 2.57. The molecule has 7 N–H and O–H groups in total. The topological polar surface area (TPSA) is 169 Å². The molecule has 0 saturated carbocycles. The van der Waals surface area contributed by atoms with Gasteiger partial charge in [-0.15, -0.1) is 0 Å². The lowest BCUT2D eigenvalue weighted by atomic mass is 9.99. The molecular weight excluding hydrogens is 638 g/mol. The summed E-state index contributed by atoms with van der Waals surface area (Å²) >= 11 is 0. The van der Waals surface area contributed by atoms with Crippen molar-refractivity contribution in [3.8, 4) is 0 Å². The second kappa shape index (κ2) is 29.9. The zero-order chi connectivity index (χ0) is 37.0. The van der Waals surface area contributed by atoms with Crippen molar-refractivity contribution in [3.05, 3.63) is 36.0 Å². The molecule has 1 rings (SSSR count). The van der Waals surface area contributed by atoms with Crippen LogP contribution in [0.2, 0.25) is 0 Å². The first-order valence-corrected chi connectivity index (χ1v) is 19.7. The Morgan fingerprint density at radius 1 is 0.740 bits per heavy atom. The molecule has 1 heterocycles. The molecular formula is C40H73NO9. The van der Waals surface area contributed by atoms with Crippen molar-refractivity contribution in [2.45, 2.75) is 198 Å². The van der Waals surface area contributed by atoms with Crippen LogP contribution >= 0.6 is 0 Å². The molecule has 292 valence electrons. The van der Waals surface area contributed by atoms with Crippen LogP contribution in [0.5, 0.6) is 0 Å². The minimum Gasteiger partial charge on any atom is -0.394 e. The summed E-state index contributed by atoms with van der Waals surface area (Å²) < 4.78 is 11.0. The average Bonchev–Trinajstić information content (AvgIpc) is 3.11. The van der Waals surface area contributed by atoms with Crippen LogP contribution in [0, 0.1) is 0 Å². The van der Waals surface area contributed by atoms with Gasteiger partial charge in [0.25, 0.3) is 5.91 Å². The maximum atomic E-state index is 12.9. The summed E-state index contributed by atoms with van der Waals surface area (Å²) in [7, 11) is 0. The molecule has 1 aliphatic heterocycles. The van der Waals surface area contributed by atoms with Crippen molar-refractivity contribution in [2.24, 2.45) is 0 Å². The van der Waals surface area contributed by atoms with E-state index < -0.39 is 61.5 Å². The fourth-order valence-corrected chi connectivity index (χ4v) is 6.04. The van der Waals surface area contributed by atoms with Gasteiger partial charge in [0.1, 0.15) is 24.4 Å². The SMILES string of the molecule is CCCCCCCCCCCCCCC/C=C/[C@@H](O)C(=O)N[C@@H](CO[C@@H]1O[C@H](CO)[C@@H](O)[C@H](O)[C@H]1O)[C@H](O)/C=C/CC/C=C(\C)CCCCC. The molecule has 0 bridgehead atoms. The van der Waals surface area contributed by atoms with E-state index in [1.54, 1.807) is 12.2 Å². The first-order valence-electron chi connectivity index (χ1n) is 19.7. The van der Waals surface area contributed by atoms with E-state index in [-0.39, 0.29) is 6.61 Å². The van der Waals surface area contributed by atoms with E-state index >= 15 is 0 Å². The number of carbonyl (C=O) groups is 1. The molecule has 0 aromatic rings. The quantitative estimate of drug-likeness (QED) is 0.0354. The minimum atomic E-state index is -1.62. The molecule has 0 aromatic heterocycles. The molecule has 10 nitrogen and oxygen atoms in total. The second-order valence-corrected chi connectivity index (χ2v) is 14.1. The number of amides is 1. The number of ether oxygens (including phenoxy) is 2. The number of allylic oxidation sites excluding steroid dienone is 4. The first-order chi connectivity index (χ1) is 24.2. The van der Waals surface area contributed by atoms with Crippen molar-refractivity contribution in [1.29, 1.82) is 0 Å². The van der Waals surface area contributed by atoms with Gasteiger partial charge in [0.15, 0.2) is 12.4 Å². The predicted octanol–water partition coefficient (Wildman–Crippen LogP) is 5.91. The Morgan fingerprint density at radius 2 is 1.30 bits per heavy atom. The largest absolute Gasteiger partial charge is 0.394 e.